The molecule has 28 heavy (non-hydrogen) atoms. The lowest BCUT2D eigenvalue weighted by molar-refractivity contribution is -0.125. The maximum Gasteiger partial charge on any atom is 0.247 e. The fourth-order valence-corrected chi connectivity index (χ4v) is 2.54. The summed E-state index contributed by atoms with van der Waals surface area (Å²) in [6.07, 6.45) is 3.28. The van der Waals surface area contributed by atoms with Gasteiger partial charge in [0.15, 0.2) is 11.5 Å². The Morgan fingerprint density at radius 3 is 2.54 bits per heavy atom. The van der Waals surface area contributed by atoms with Crippen LogP contribution in [0, 0.1) is 0 Å². The monoisotopic (exact) mass is 379 g/mol. The Balaban J connectivity index is 1.67. The minimum absolute atomic E-state index is 0.158. The first kappa shape index (κ1) is 19.2. The molecule has 0 aliphatic rings. The molecule has 144 valence electrons. The quantitative estimate of drug-likeness (QED) is 0.586. The van der Waals surface area contributed by atoms with E-state index in [0.717, 1.165) is 5.56 Å². The van der Waals surface area contributed by atoms with Gasteiger partial charge in [0.2, 0.25) is 17.7 Å². The zero-order valence-corrected chi connectivity index (χ0v) is 16.0. The zero-order chi connectivity index (χ0) is 19.9. The molecular weight excluding hydrogens is 358 g/mol. The minimum Gasteiger partial charge on any atom is -0.493 e. The second-order valence-electron chi connectivity index (χ2n) is 6.01. The van der Waals surface area contributed by atoms with Crippen molar-refractivity contribution in [3.8, 4) is 23.0 Å². The van der Waals surface area contributed by atoms with Crippen LogP contribution in [0.5, 0.6) is 11.5 Å². The molecular formula is C21H21N3O4. The van der Waals surface area contributed by atoms with Crippen LogP contribution in [0.25, 0.3) is 17.5 Å². The third-order valence-electron chi connectivity index (χ3n) is 4.06. The number of aromatic nitrogens is 2. The maximum atomic E-state index is 12.3. The highest BCUT2D eigenvalue weighted by molar-refractivity contribution is 5.91. The summed E-state index contributed by atoms with van der Waals surface area (Å²) in [5.41, 5.74) is 1.66. The second-order valence-corrected chi connectivity index (χ2v) is 6.01. The molecule has 1 amide bonds. The fourth-order valence-electron chi connectivity index (χ4n) is 2.54. The van der Waals surface area contributed by atoms with Crippen LogP contribution < -0.4 is 9.47 Å². The van der Waals surface area contributed by atoms with Gasteiger partial charge in [-0.15, -0.1) is 10.2 Å². The number of carbonyl (C=O) groups excluding carboxylic acids is 1. The number of hydrogen-bond donors (Lipinski definition) is 0. The van der Waals surface area contributed by atoms with Crippen molar-refractivity contribution in [3.05, 3.63) is 66.1 Å². The molecule has 0 aliphatic heterocycles. The van der Waals surface area contributed by atoms with Gasteiger partial charge in [-0.1, -0.05) is 30.3 Å². The number of hydrogen-bond acceptors (Lipinski definition) is 6. The number of likely N-dealkylation sites (N-methyl/N-ethyl adjacent to an activating group) is 1. The molecule has 0 radical (unpaired) electrons. The number of methoxy groups -OCH3 is 2. The van der Waals surface area contributed by atoms with Crippen molar-refractivity contribution in [2.45, 2.75) is 6.54 Å². The molecule has 7 heteroatoms. The van der Waals surface area contributed by atoms with Crippen molar-refractivity contribution in [1.82, 2.24) is 15.1 Å². The van der Waals surface area contributed by atoms with Crippen LogP contribution in [0.4, 0.5) is 0 Å². The van der Waals surface area contributed by atoms with Gasteiger partial charge in [0.05, 0.1) is 20.8 Å². The lowest BCUT2D eigenvalue weighted by Gasteiger charge is -2.11. The van der Waals surface area contributed by atoms with Gasteiger partial charge in [0.25, 0.3) is 0 Å². The van der Waals surface area contributed by atoms with E-state index in [1.165, 1.54) is 11.0 Å². The average Bonchev–Trinajstić information content (AvgIpc) is 3.20. The molecule has 3 aromatic rings. The van der Waals surface area contributed by atoms with E-state index >= 15 is 0 Å². The van der Waals surface area contributed by atoms with Gasteiger partial charge in [-0.05, 0) is 29.8 Å². The topological polar surface area (TPSA) is 77.7 Å². The molecule has 2 aromatic carbocycles. The van der Waals surface area contributed by atoms with Crippen LogP contribution in [0.15, 0.2) is 59.0 Å². The van der Waals surface area contributed by atoms with E-state index in [9.17, 15) is 4.79 Å². The summed E-state index contributed by atoms with van der Waals surface area (Å²) in [6.45, 7) is 0.207. The Morgan fingerprint density at radius 1 is 1.07 bits per heavy atom. The summed E-state index contributed by atoms with van der Waals surface area (Å²) in [7, 11) is 4.81. The van der Waals surface area contributed by atoms with Crippen molar-refractivity contribution in [2.24, 2.45) is 0 Å². The van der Waals surface area contributed by atoms with Gasteiger partial charge >= 0.3 is 0 Å². The molecule has 1 aromatic heterocycles. The molecule has 0 fully saturated rings. The summed E-state index contributed by atoms with van der Waals surface area (Å²) < 4.78 is 16.2. The van der Waals surface area contributed by atoms with Crippen LogP contribution in [-0.2, 0) is 11.3 Å². The Labute approximate surface area is 163 Å². The first-order valence-corrected chi connectivity index (χ1v) is 8.63. The number of amides is 1. The first-order valence-electron chi connectivity index (χ1n) is 8.63. The molecule has 0 unspecified atom stereocenters. The normalized spacial score (nSPS) is 10.8. The summed E-state index contributed by atoms with van der Waals surface area (Å²) in [4.78, 5) is 13.8. The molecule has 0 spiro atoms. The van der Waals surface area contributed by atoms with E-state index in [1.54, 1.807) is 45.5 Å². The first-order chi connectivity index (χ1) is 13.6. The second kappa shape index (κ2) is 8.85. The Hall–Kier alpha value is -3.61. The summed E-state index contributed by atoms with van der Waals surface area (Å²) in [5, 5.41) is 8.08. The highest BCUT2D eigenvalue weighted by Gasteiger charge is 2.14. The van der Waals surface area contributed by atoms with E-state index in [-0.39, 0.29) is 12.5 Å². The molecule has 0 N–H and O–H groups in total. The molecule has 0 atom stereocenters. The predicted molar refractivity (Wildman–Crippen MR) is 105 cm³/mol. The summed E-state index contributed by atoms with van der Waals surface area (Å²) in [6, 6.07) is 14.9. The molecule has 0 saturated heterocycles. The fraction of sp³-hybridized carbons (Fsp3) is 0.190. The summed E-state index contributed by atoms with van der Waals surface area (Å²) >= 11 is 0. The largest absolute Gasteiger partial charge is 0.493 e. The standard InChI is InChI=1S/C21H21N3O4/c1-24(20(25)12-9-15-7-5-4-6-8-15)14-19-22-23-21(28-19)16-10-11-17(26-2)18(13-16)27-3/h4-13H,14H2,1-3H3/b12-9+. The average molecular weight is 379 g/mol. The summed E-state index contributed by atoms with van der Waals surface area (Å²) in [5.74, 6) is 1.71. The van der Waals surface area contributed by atoms with Crippen molar-refractivity contribution in [1.29, 1.82) is 0 Å². The highest BCUT2D eigenvalue weighted by Crippen LogP contribution is 2.31. The van der Waals surface area contributed by atoms with Gasteiger partial charge in [-0.3, -0.25) is 4.79 Å². The predicted octanol–water partition coefficient (Wildman–Crippen LogP) is 3.43. The molecule has 7 nitrogen and oxygen atoms in total. The van der Waals surface area contributed by atoms with Crippen molar-refractivity contribution in [3.63, 3.8) is 0 Å². The van der Waals surface area contributed by atoms with Crippen LogP contribution in [0.1, 0.15) is 11.5 Å². The Bertz CT molecular complexity index is 967. The third-order valence-corrected chi connectivity index (χ3v) is 4.06. The van der Waals surface area contributed by atoms with Crippen molar-refractivity contribution in [2.75, 3.05) is 21.3 Å². The molecule has 0 aliphatic carbocycles. The van der Waals surface area contributed by atoms with Crippen LogP contribution in [0.2, 0.25) is 0 Å². The Kier molecular flexibility index (Phi) is 6.06. The van der Waals surface area contributed by atoms with Gasteiger partial charge in [-0.2, -0.15) is 0 Å². The van der Waals surface area contributed by atoms with Gasteiger partial charge in [0, 0.05) is 18.7 Å². The van der Waals surface area contributed by atoms with Crippen molar-refractivity contribution >= 4 is 12.0 Å². The van der Waals surface area contributed by atoms with E-state index in [0.29, 0.717) is 28.8 Å². The molecule has 1 heterocycles. The van der Waals surface area contributed by atoms with Crippen molar-refractivity contribution < 1.29 is 18.7 Å². The van der Waals surface area contributed by atoms with Crippen LogP contribution >= 0.6 is 0 Å². The van der Waals surface area contributed by atoms with Crippen LogP contribution in [-0.4, -0.2) is 42.3 Å². The zero-order valence-electron chi connectivity index (χ0n) is 16.0. The van der Waals surface area contributed by atoms with Gasteiger partial charge in [0.1, 0.15) is 0 Å². The van der Waals surface area contributed by atoms with Gasteiger partial charge < -0.3 is 18.8 Å². The molecule has 3 rings (SSSR count). The van der Waals surface area contributed by atoms with E-state index in [4.69, 9.17) is 13.9 Å². The van der Waals surface area contributed by atoms with E-state index in [2.05, 4.69) is 10.2 Å². The third kappa shape index (κ3) is 4.56. The maximum absolute atomic E-state index is 12.3. The number of carbonyl (C=O) groups is 1. The number of nitrogens with zero attached hydrogens (tertiary/aromatic N) is 3. The lowest BCUT2D eigenvalue weighted by atomic mass is 10.2. The van der Waals surface area contributed by atoms with E-state index in [1.807, 2.05) is 30.3 Å². The Morgan fingerprint density at radius 2 is 1.82 bits per heavy atom. The number of ether oxygens (including phenoxy) is 2. The molecule has 0 saturated carbocycles. The number of benzene rings is 2. The smallest absolute Gasteiger partial charge is 0.247 e. The molecule has 0 bridgehead atoms. The van der Waals surface area contributed by atoms with E-state index < -0.39 is 0 Å². The number of rotatable bonds is 7. The van der Waals surface area contributed by atoms with Gasteiger partial charge in [-0.25, -0.2) is 0 Å². The minimum atomic E-state index is -0.158. The highest BCUT2D eigenvalue weighted by atomic mass is 16.5. The van der Waals surface area contributed by atoms with Crippen LogP contribution in [0.3, 0.4) is 0 Å². The SMILES string of the molecule is COc1ccc(-c2nnc(CN(C)C(=O)/C=C/c3ccccc3)o2)cc1OC. The lowest BCUT2D eigenvalue weighted by Crippen LogP contribution is -2.24.